The molecule has 2 fully saturated rings. The molecule has 7 heteroatoms. The third kappa shape index (κ3) is 4.13. The first kappa shape index (κ1) is 16.5. The van der Waals surface area contributed by atoms with E-state index in [1.807, 2.05) is 4.90 Å². The number of rotatable bonds is 2. The van der Waals surface area contributed by atoms with E-state index in [1.54, 1.807) is 12.1 Å². The van der Waals surface area contributed by atoms with E-state index in [9.17, 15) is 4.79 Å². The largest absolute Gasteiger partial charge is 0.381 e. The van der Waals surface area contributed by atoms with Gasteiger partial charge in [0.15, 0.2) is 0 Å². The predicted molar refractivity (Wildman–Crippen MR) is 89.8 cm³/mol. The molecule has 0 spiro atoms. The molecule has 0 unspecified atom stereocenters. The van der Waals surface area contributed by atoms with Gasteiger partial charge in [-0.25, -0.2) is 9.78 Å². The Balaban J connectivity index is 1.54. The van der Waals surface area contributed by atoms with Crippen molar-refractivity contribution in [2.45, 2.75) is 31.8 Å². The normalized spacial score (nSPS) is 23.7. The van der Waals surface area contributed by atoms with Crippen LogP contribution in [-0.4, -0.2) is 65.7 Å². The second kappa shape index (κ2) is 7.47. The lowest BCUT2D eigenvalue weighted by Crippen LogP contribution is -2.58. The first-order valence-electron chi connectivity index (χ1n) is 8.14. The minimum atomic E-state index is -0.0982. The summed E-state index contributed by atoms with van der Waals surface area (Å²) in [5.74, 6) is 0.526. The smallest absolute Gasteiger partial charge is 0.323 e. The summed E-state index contributed by atoms with van der Waals surface area (Å²) >= 11 is 5.81. The number of ether oxygens (including phenoxy) is 1. The van der Waals surface area contributed by atoms with Crippen LogP contribution in [0.5, 0.6) is 0 Å². The Morgan fingerprint density at radius 2 is 2.13 bits per heavy atom. The van der Waals surface area contributed by atoms with Crippen LogP contribution in [0.2, 0.25) is 5.02 Å². The summed E-state index contributed by atoms with van der Waals surface area (Å²) in [6, 6.07) is 4.10. The number of nitrogens with one attached hydrogen (secondary N) is 1. The summed E-state index contributed by atoms with van der Waals surface area (Å²) in [5, 5.41) is 3.40. The van der Waals surface area contributed by atoms with Crippen molar-refractivity contribution in [2.75, 3.05) is 38.2 Å². The van der Waals surface area contributed by atoms with Crippen molar-refractivity contribution in [3.63, 3.8) is 0 Å². The average molecular weight is 339 g/mol. The summed E-state index contributed by atoms with van der Waals surface area (Å²) in [7, 11) is 0. The monoisotopic (exact) mass is 338 g/mol. The van der Waals surface area contributed by atoms with Crippen LogP contribution in [0.3, 0.4) is 0 Å². The molecule has 126 valence electrons. The van der Waals surface area contributed by atoms with Crippen LogP contribution in [0.1, 0.15) is 19.8 Å². The zero-order valence-corrected chi connectivity index (χ0v) is 14.1. The molecule has 2 aliphatic rings. The minimum Gasteiger partial charge on any atom is -0.381 e. The number of anilines is 1. The molecule has 0 bridgehead atoms. The van der Waals surface area contributed by atoms with Crippen molar-refractivity contribution in [2.24, 2.45) is 0 Å². The average Bonchev–Trinajstić information content (AvgIpc) is 2.57. The summed E-state index contributed by atoms with van der Waals surface area (Å²) in [4.78, 5) is 20.9. The fourth-order valence-electron chi connectivity index (χ4n) is 3.30. The first-order chi connectivity index (χ1) is 11.1. The minimum absolute atomic E-state index is 0.0982. The SMILES string of the molecule is C[C@H]1CN(C2CCOCC2)CCN1C(=O)Nc1ccc(Cl)cn1. The van der Waals surface area contributed by atoms with Gasteiger partial charge in [-0.1, -0.05) is 11.6 Å². The van der Waals surface area contributed by atoms with Gasteiger partial charge in [0, 0.05) is 51.1 Å². The maximum Gasteiger partial charge on any atom is 0.323 e. The quantitative estimate of drug-likeness (QED) is 0.900. The Bertz CT molecular complexity index is 533. The maximum atomic E-state index is 12.4. The van der Waals surface area contributed by atoms with E-state index in [0.29, 0.717) is 16.9 Å². The zero-order valence-electron chi connectivity index (χ0n) is 13.4. The van der Waals surface area contributed by atoms with Gasteiger partial charge in [-0.2, -0.15) is 0 Å². The fraction of sp³-hybridized carbons (Fsp3) is 0.625. The number of urea groups is 1. The Morgan fingerprint density at radius 3 is 2.78 bits per heavy atom. The summed E-state index contributed by atoms with van der Waals surface area (Å²) in [6.07, 6.45) is 3.71. The standard InChI is InChI=1S/C16H23ClN4O2/c1-12-11-20(14-4-8-23-9-5-14)6-7-21(12)16(22)19-15-3-2-13(17)10-18-15/h2-3,10,12,14H,4-9,11H2,1H3,(H,18,19,22)/t12-/m0/s1. The van der Waals surface area contributed by atoms with Crippen LogP contribution in [0.15, 0.2) is 18.3 Å². The van der Waals surface area contributed by atoms with Gasteiger partial charge in [0.25, 0.3) is 0 Å². The highest BCUT2D eigenvalue weighted by Crippen LogP contribution is 2.20. The second-order valence-electron chi connectivity index (χ2n) is 6.17. The van der Waals surface area contributed by atoms with Gasteiger partial charge in [-0.05, 0) is 31.9 Å². The van der Waals surface area contributed by atoms with E-state index >= 15 is 0 Å². The molecule has 1 aromatic rings. The molecule has 6 nitrogen and oxygen atoms in total. The Kier molecular flexibility index (Phi) is 5.35. The second-order valence-corrected chi connectivity index (χ2v) is 6.61. The third-order valence-electron chi connectivity index (χ3n) is 4.59. The van der Waals surface area contributed by atoms with E-state index < -0.39 is 0 Å². The maximum absolute atomic E-state index is 12.4. The van der Waals surface area contributed by atoms with E-state index in [0.717, 1.165) is 45.7 Å². The van der Waals surface area contributed by atoms with Gasteiger partial charge in [0.05, 0.1) is 5.02 Å². The first-order valence-corrected chi connectivity index (χ1v) is 8.52. The number of hydrogen-bond acceptors (Lipinski definition) is 4. The molecule has 0 aliphatic carbocycles. The molecule has 1 aromatic heterocycles. The van der Waals surface area contributed by atoms with Crippen molar-refractivity contribution in [1.82, 2.24) is 14.8 Å². The predicted octanol–water partition coefficient (Wildman–Crippen LogP) is 2.45. The van der Waals surface area contributed by atoms with E-state index in [2.05, 4.69) is 22.1 Å². The number of halogens is 1. The molecule has 0 saturated carbocycles. The number of carbonyl (C=O) groups is 1. The van der Waals surface area contributed by atoms with Crippen LogP contribution >= 0.6 is 11.6 Å². The van der Waals surface area contributed by atoms with Gasteiger partial charge in [0.1, 0.15) is 5.82 Å². The lowest BCUT2D eigenvalue weighted by Gasteiger charge is -2.44. The summed E-state index contributed by atoms with van der Waals surface area (Å²) in [5.41, 5.74) is 0. The van der Waals surface area contributed by atoms with Gasteiger partial charge in [0.2, 0.25) is 0 Å². The Hall–Kier alpha value is -1.37. The van der Waals surface area contributed by atoms with Crippen LogP contribution < -0.4 is 5.32 Å². The van der Waals surface area contributed by atoms with Gasteiger partial charge in [-0.3, -0.25) is 10.2 Å². The zero-order chi connectivity index (χ0) is 16.2. The van der Waals surface area contributed by atoms with Crippen molar-refractivity contribution in [1.29, 1.82) is 0 Å². The highest BCUT2D eigenvalue weighted by atomic mass is 35.5. The van der Waals surface area contributed by atoms with Crippen LogP contribution in [0.4, 0.5) is 10.6 Å². The molecule has 0 aromatic carbocycles. The van der Waals surface area contributed by atoms with Crippen molar-refractivity contribution >= 4 is 23.4 Å². The molecule has 2 aliphatic heterocycles. The highest BCUT2D eigenvalue weighted by molar-refractivity contribution is 6.30. The Morgan fingerprint density at radius 1 is 1.35 bits per heavy atom. The van der Waals surface area contributed by atoms with Crippen LogP contribution in [-0.2, 0) is 4.74 Å². The fourth-order valence-corrected chi connectivity index (χ4v) is 3.41. The number of nitrogens with zero attached hydrogens (tertiary/aromatic N) is 3. The van der Waals surface area contributed by atoms with E-state index in [4.69, 9.17) is 16.3 Å². The molecule has 2 amide bonds. The topological polar surface area (TPSA) is 57.7 Å². The molecule has 3 rings (SSSR count). The number of pyridine rings is 1. The van der Waals surface area contributed by atoms with Crippen molar-refractivity contribution in [3.05, 3.63) is 23.4 Å². The summed E-state index contributed by atoms with van der Waals surface area (Å²) in [6.45, 7) is 6.35. The molecular formula is C16H23ClN4O2. The number of carbonyl (C=O) groups excluding carboxylic acids is 1. The molecule has 3 heterocycles. The van der Waals surface area contributed by atoms with Crippen LogP contribution in [0, 0.1) is 0 Å². The van der Waals surface area contributed by atoms with Crippen LogP contribution in [0.25, 0.3) is 0 Å². The summed E-state index contributed by atoms with van der Waals surface area (Å²) < 4.78 is 5.43. The lowest BCUT2D eigenvalue weighted by atomic mass is 10.0. The number of piperazine rings is 1. The molecule has 2 saturated heterocycles. The third-order valence-corrected chi connectivity index (χ3v) is 4.81. The number of hydrogen-bond donors (Lipinski definition) is 1. The van der Waals surface area contributed by atoms with E-state index in [1.165, 1.54) is 6.20 Å². The van der Waals surface area contributed by atoms with E-state index in [-0.39, 0.29) is 12.1 Å². The van der Waals surface area contributed by atoms with Gasteiger partial charge in [-0.15, -0.1) is 0 Å². The molecule has 0 radical (unpaired) electrons. The molecular weight excluding hydrogens is 316 g/mol. The number of amides is 2. The van der Waals surface area contributed by atoms with Crippen molar-refractivity contribution in [3.8, 4) is 0 Å². The highest BCUT2D eigenvalue weighted by Gasteiger charge is 2.31. The van der Waals surface area contributed by atoms with Crippen molar-refractivity contribution < 1.29 is 9.53 Å². The van der Waals surface area contributed by atoms with Gasteiger partial charge < -0.3 is 9.64 Å². The number of aromatic nitrogens is 1. The van der Waals surface area contributed by atoms with Gasteiger partial charge >= 0.3 is 6.03 Å². The lowest BCUT2D eigenvalue weighted by molar-refractivity contribution is 0.00816. The molecule has 1 N–H and O–H groups in total. The molecule has 23 heavy (non-hydrogen) atoms. The Labute approximate surface area is 141 Å². The molecule has 1 atom stereocenters.